The molecule has 1 aromatic carbocycles. The maximum Gasteiger partial charge on any atom is 0.120 e. The van der Waals surface area contributed by atoms with E-state index in [2.05, 4.69) is 19.2 Å². The number of fused-ring (bicyclic) bond motifs is 1. The van der Waals surface area contributed by atoms with Gasteiger partial charge in [-0.15, -0.1) is 0 Å². The van der Waals surface area contributed by atoms with Gasteiger partial charge in [-0.25, -0.2) is 0 Å². The van der Waals surface area contributed by atoms with Gasteiger partial charge in [0.2, 0.25) is 0 Å². The minimum atomic E-state index is 0.297. The summed E-state index contributed by atoms with van der Waals surface area (Å²) < 4.78 is 5.42. The van der Waals surface area contributed by atoms with Gasteiger partial charge in [0.05, 0.1) is 6.61 Å². The third-order valence-electron chi connectivity index (χ3n) is 4.59. The van der Waals surface area contributed by atoms with Gasteiger partial charge in [-0.3, -0.25) is 0 Å². The number of nitrogens with one attached hydrogen (secondary N) is 1. The Kier molecular flexibility index (Phi) is 3.50. The lowest BCUT2D eigenvalue weighted by Crippen LogP contribution is -2.26. The molecular weight excluding hydrogens is 238 g/mol. The van der Waals surface area contributed by atoms with Crippen LogP contribution in [-0.4, -0.2) is 24.9 Å². The molecule has 0 spiro atoms. The van der Waals surface area contributed by atoms with Crippen LogP contribution >= 0.6 is 0 Å². The predicted octanol–water partition coefficient (Wildman–Crippen LogP) is 2.88. The summed E-state index contributed by atoms with van der Waals surface area (Å²) in [6.45, 7) is 7.16. The zero-order chi connectivity index (χ0) is 13.4. The molecule has 1 saturated heterocycles. The molecule has 19 heavy (non-hydrogen) atoms. The average molecular weight is 261 g/mol. The van der Waals surface area contributed by atoms with E-state index in [-0.39, 0.29) is 0 Å². The second kappa shape index (κ2) is 5.14. The first-order valence-electron chi connectivity index (χ1n) is 7.30. The number of phenols is 1. The SMILES string of the molecule is Cc1ccc(O)c2c1C(C)CC2NCC1CCOC1. The fourth-order valence-corrected chi connectivity index (χ4v) is 3.58. The summed E-state index contributed by atoms with van der Waals surface area (Å²) in [6, 6.07) is 4.16. The van der Waals surface area contributed by atoms with Gasteiger partial charge in [0.15, 0.2) is 0 Å². The number of benzene rings is 1. The highest BCUT2D eigenvalue weighted by molar-refractivity contribution is 5.50. The molecule has 1 aromatic rings. The highest BCUT2D eigenvalue weighted by Crippen LogP contribution is 2.45. The average Bonchev–Trinajstić information content (AvgIpc) is 2.99. The molecule has 3 heteroatoms. The zero-order valence-corrected chi connectivity index (χ0v) is 11.8. The summed E-state index contributed by atoms with van der Waals surface area (Å²) in [7, 11) is 0. The molecule has 0 radical (unpaired) electrons. The van der Waals surface area contributed by atoms with E-state index < -0.39 is 0 Å². The summed E-state index contributed by atoms with van der Waals surface area (Å²) in [4.78, 5) is 0. The molecule has 0 saturated carbocycles. The normalized spacial score (nSPS) is 29.7. The molecular formula is C16H23NO2. The molecule has 1 heterocycles. The Balaban J connectivity index is 1.77. The Bertz CT molecular complexity index is 466. The number of hydrogen-bond donors (Lipinski definition) is 2. The number of rotatable bonds is 3. The fourth-order valence-electron chi connectivity index (χ4n) is 3.58. The lowest BCUT2D eigenvalue weighted by molar-refractivity contribution is 0.184. The third-order valence-corrected chi connectivity index (χ3v) is 4.59. The number of ether oxygens (including phenoxy) is 1. The molecule has 104 valence electrons. The largest absolute Gasteiger partial charge is 0.508 e. The Morgan fingerprint density at radius 2 is 2.21 bits per heavy atom. The van der Waals surface area contributed by atoms with Gasteiger partial charge in [-0.2, -0.15) is 0 Å². The monoisotopic (exact) mass is 261 g/mol. The van der Waals surface area contributed by atoms with Crippen LogP contribution in [0.5, 0.6) is 5.75 Å². The van der Waals surface area contributed by atoms with Crippen LogP contribution in [0.2, 0.25) is 0 Å². The van der Waals surface area contributed by atoms with Crippen molar-refractivity contribution in [1.29, 1.82) is 0 Å². The molecule has 0 bridgehead atoms. The summed E-state index contributed by atoms with van der Waals surface area (Å²) in [5.74, 6) is 1.61. The number of aryl methyl sites for hydroxylation is 1. The van der Waals surface area contributed by atoms with Gasteiger partial charge < -0.3 is 15.2 Å². The van der Waals surface area contributed by atoms with E-state index in [0.717, 1.165) is 38.2 Å². The van der Waals surface area contributed by atoms with Gasteiger partial charge in [-0.05, 0) is 48.8 Å². The minimum Gasteiger partial charge on any atom is -0.508 e. The van der Waals surface area contributed by atoms with Gasteiger partial charge in [-0.1, -0.05) is 13.0 Å². The highest BCUT2D eigenvalue weighted by Gasteiger charge is 2.32. The van der Waals surface area contributed by atoms with Crippen LogP contribution in [0.1, 0.15) is 48.4 Å². The Hall–Kier alpha value is -1.06. The molecule has 1 aliphatic heterocycles. The number of hydrogen-bond acceptors (Lipinski definition) is 3. The van der Waals surface area contributed by atoms with Crippen molar-refractivity contribution in [3.05, 3.63) is 28.8 Å². The van der Waals surface area contributed by atoms with Crippen LogP contribution < -0.4 is 5.32 Å². The van der Waals surface area contributed by atoms with E-state index in [9.17, 15) is 5.11 Å². The smallest absolute Gasteiger partial charge is 0.120 e. The maximum atomic E-state index is 10.2. The molecule has 2 aliphatic rings. The molecule has 2 N–H and O–H groups in total. The third kappa shape index (κ3) is 2.37. The summed E-state index contributed by atoms with van der Waals surface area (Å²) in [6.07, 6.45) is 2.24. The number of aromatic hydroxyl groups is 1. The predicted molar refractivity (Wildman–Crippen MR) is 75.5 cm³/mol. The second-order valence-corrected chi connectivity index (χ2v) is 6.06. The van der Waals surface area contributed by atoms with E-state index in [1.165, 1.54) is 11.1 Å². The molecule has 3 rings (SSSR count). The van der Waals surface area contributed by atoms with Crippen molar-refractivity contribution in [2.45, 2.75) is 38.6 Å². The van der Waals surface area contributed by atoms with Crippen molar-refractivity contribution in [2.24, 2.45) is 5.92 Å². The van der Waals surface area contributed by atoms with Crippen molar-refractivity contribution in [2.75, 3.05) is 19.8 Å². The van der Waals surface area contributed by atoms with Crippen LogP contribution in [0.4, 0.5) is 0 Å². The van der Waals surface area contributed by atoms with E-state index in [1.54, 1.807) is 0 Å². The van der Waals surface area contributed by atoms with Crippen LogP contribution in [0.3, 0.4) is 0 Å². The summed E-state index contributed by atoms with van der Waals surface area (Å²) in [5, 5.41) is 13.8. The van der Waals surface area contributed by atoms with Crippen molar-refractivity contribution in [3.8, 4) is 5.75 Å². The summed E-state index contributed by atoms with van der Waals surface area (Å²) in [5.41, 5.74) is 3.78. The topological polar surface area (TPSA) is 41.5 Å². The first-order chi connectivity index (χ1) is 9.16. The molecule has 1 aliphatic carbocycles. The van der Waals surface area contributed by atoms with Gasteiger partial charge in [0.25, 0.3) is 0 Å². The van der Waals surface area contributed by atoms with E-state index >= 15 is 0 Å². The first kappa shape index (κ1) is 12.9. The lowest BCUT2D eigenvalue weighted by Gasteiger charge is -2.18. The van der Waals surface area contributed by atoms with E-state index in [4.69, 9.17) is 4.74 Å². The molecule has 3 atom stereocenters. The molecule has 1 fully saturated rings. The minimum absolute atomic E-state index is 0.297. The van der Waals surface area contributed by atoms with E-state index in [0.29, 0.717) is 23.6 Å². The van der Waals surface area contributed by atoms with Gasteiger partial charge in [0.1, 0.15) is 5.75 Å². The van der Waals surface area contributed by atoms with Gasteiger partial charge >= 0.3 is 0 Å². The Morgan fingerprint density at radius 1 is 1.37 bits per heavy atom. The van der Waals surface area contributed by atoms with Crippen LogP contribution in [0, 0.1) is 12.8 Å². The molecule has 0 aromatic heterocycles. The van der Waals surface area contributed by atoms with Gasteiger partial charge in [0, 0.05) is 24.8 Å². The summed E-state index contributed by atoms with van der Waals surface area (Å²) >= 11 is 0. The fraction of sp³-hybridized carbons (Fsp3) is 0.625. The van der Waals surface area contributed by atoms with Crippen LogP contribution in [0.15, 0.2) is 12.1 Å². The molecule has 0 amide bonds. The molecule has 3 unspecified atom stereocenters. The molecule has 3 nitrogen and oxygen atoms in total. The maximum absolute atomic E-state index is 10.2. The zero-order valence-electron chi connectivity index (χ0n) is 11.8. The first-order valence-corrected chi connectivity index (χ1v) is 7.30. The van der Waals surface area contributed by atoms with E-state index in [1.807, 2.05) is 12.1 Å². The standard InChI is InChI=1S/C16H23NO2/c1-10-3-4-14(18)16-13(7-11(2)15(10)16)17-8-12-5-6-19-9-12/h3-4,11-13,17-18H,5-9H2,1-2H3. The second-order valence-electron chi connectivity index (χ2n) is 6.06. The van der Waals surface area contributed by atoms with Crippen molar-refractivity contribution < 1.29 is 9.84 Å². The van der Waals surface area contributed by atoms with Crippen molar-refractivity contribution >= 4 is 0 Å². The van der Waals surface area contributed by atoms with Crippen LogP contribution in [0.25, 0.3) is 0 Å². The number of phenolic OH excluding ortho intramolecular Hbond substituents is 1. The Morgan fingerprint density at radius 3 is 2.95 bits per heavy atom. The lowest BCUT2D eigenvalue weighted by atomic mass is 9.97. The quantitative estimate of drug-likeness (QED) is 0.879. The highest BCUT2D eigenvalue weighted by atomic mass is 16.5. The Labute approximate surface area is 115 Å². The van der Waals surface area contributed by atoms with Crippen LogP contribution in [-0.2, 0) is 4.74 Å². The van der Waals surface area contributed by atoms with Crippen molar-refractivity contribution in [1.82, 2.24) is 5.32 Å². The van der Waals surface area contributed by atoms with Crippen molar-refractivity contribution in [3.63, 3.8) is 0 Å².